The van der Waals surface area contributed by atoms with Crippen LogP contribution in [0.5, 0.6) is 0 Å². The fraction of sp³-hybridized carbons (Fsp3) is 0.625. The highest BCUT2D eigenvalue weighted by Gasteiger charge is 2.28. The molecule has 3 heterocycles. The summed E-state index contributed by atoms with van der Waals surface area (Å²) in [6.07, 6.45) is 4.87. The summed E-state index contributed by atoms with van der Waals surface area (Å²) in [7, 11) is 0. The van der Waals surface area contributed by atoms with Gasteiger partial charge in [-0.15, -0.1) is 0 Å². The van der Waals surface area contributed by atoms with Crippen molar-refractivity contribution in [2.75, 3.05) is 25.0 Å². The summed E-state index contributed by atoms with van der Waals surface area (Å²) < 4.78 is 9.34. The molecule has 136 valence electrons. The number of nitrogens with one attached hydrogen (secondary N) is 1. The number of anilines is 1. The Morgan fingerprint density at radius 3 is 2.96 bits per heavy atom. The topological polar surface area (TPSA) is 90.1 Å². The Morgan fingerprint density at radius 1 is 1.40 bits per heavy atom. The van der Waals surface area contributed by atoms with Crippen molar-refractivity contribution in [1.82, 2.24) is 29.4 Å². The average molecular weight is 347 g/mol. The lowest BCUT2D eigenvalue weighted by Crippen LogP contribution is -2.51. The molecule has 0 spiro atoms. The second-order valence-electron chi connectivity index (χ2n) is 6.53. The van der Waals surface area contributed by atoms with Crippen LogP contribution in [0.2, 0.25) is 0 Å². The molecule has 0 radical (unpaired) electrons. The van der Waals surface area contributed by atoms with E-state index >= 15 is 0 Å². The fourth-order valence-corrected chi connectivity index (χ4v) is 2.96. The molecular formula is C16H25N7O2. The van der Waals surface area contributed by atoms with Crippen molar-refractivity contribution in [2.24, 2.45) is 0 Å². The molecule has 2 atom stereocenters. The maximum atomic E-state index is 12.6. The number of morpholine rings is 1. The highest BCUT2D eigenvalue weighted by Crippen LogP contribution is 2.16. The van der Waals surface area contributed by atoms with Crippen molar-refractivity contribution in [2.45, 2.75) is 45.5 Å². The lowest BCUT2D eigenvalue weighted by atomic mass is 10.2. The normalized spacial score (nSPS) is 19.9. The minimum atomic E-state index is -0.252. The summed E-state index contributed by atoms with van der Waals surface area (Å²) in [4.78, 5) is 18.7. The van der Waals surface area contributed by atoms with E-state index in [-0.39, 0.29) is 24.1 Å². The van der Waals surface area contributed by atoms with Crippen LogP contribution >= 0.6 is 0 Å². The lowest BCUT2D eigenvalue weighted by molar-refractivity contribution is -0.124. The van der Waals surface area contributed by atoms with Crippen molar-refractivity contribution >= 4 is 11.7 Å². The molecule has 1 N–H and O–H groups in total. The van der Waals surface area contributed by atoms with Gasteiger partial charge in [-0.25, -0.2) is 9.67 Å². The Labute approximate surface area is 147 Å². The van der Waals surface area contributed by atoms with Gasteiger partial charge in [0.25, 0.3) is 0 Å². The Bertz CT molecular complexity index is 682. The highest BCUT2D eigenvalue weighted by atomic mass is 16.5. The van der Waals surface area contributed by atoms with Gasteiger partial charge in [0.1, 0.15) is 18.5 Å². The molecule has 0 aromatic carbocycles. The van der Waals surface area contributed by atoms with Crippen LogP contribution in [0.1, 0.15) is 26.8 Å². The number of aromatic nitrogens is 5. The van der Waals surface area contributed by atoms with Gasteiger partial charge in [0, 0.05) is 25.2 Å². The molecule has 0 saturated carbocycles. The summed E-state index contributed by atoms with van der Waals surface area (Å²) in [5.74, 6) is 0.683. The van der Waals surface area contributed by atoms with E-state index < -0.39 is 0 Å². The second-order valence-corrected chi connectivity index (χ2v) is 6.53. The van der Waals surface area contributed by atoms with Crippen LogP contribution in [0, 0.1) is 0 Å². The van der Waals surface area contributed by atoms with Crippen LogP contribution in [-0.2, 0) is 16.1 Å². The first kappa shape index (κ1) is 17.6. The summed E-state index contributed by atoms with van der Waals surface area (Å²) in [6, 6.07) is 1.76. The van der Waals surface area contributed by atoms with Crippen LogP contribution < -0.4 is 5.32 Å². The maximum Gasteiger partial charge on any atom is 0.242 e. The minimum Gasteiger partial charge on any atom is -0.374 e. The van der Waals surface area contributed by atoms with E-state index in [1.165, 1.54) is 6.33 Å². The van der Waals surface area contributed by atoms with Crippen molar-refractivity contribution in [1.29, 1.82) is 0 Å². The second kappa shape index (κ2) is 7.75. The first-order chi connectivity index (χ1) is 12.0. The SMILES string of the molecule is CC(C(=O)Nc1ccnn1C(C)C)N1CCOC(Cn2cncn2)C1. The third-order valence-corrected chi connectivity index (χ3v) is 4.37. The molecule has 25 heavy (non-hydrogen) atoms. The van der Waals surface area contributed by atoms with Crippen molar-refractivity contribution in [3.05, 3.63) is 24.9 Å². The summed E-state index contributed by atoms with van der Waals surface area (Å²) in [6.45, 7) is 8.62. The zero-order valence-electron chi connectivity index (χ0n) is 14.9. The molecule has 2 aromatic rings. The van der Waals surface area contributed by atoms with Gasteiger partial charge >= 0.3 is 0 Å². The molecule has 9 heteroatoms. The molecule has 9 nitrogen and oxygen atoms in total. The van der Waals surface area contributed by atoms with Crippen LogP contribution in [0.25, 0.3) is 0 Å². The highest BCUT2D eigenvalue weighted by molar-refractivity contribution is 5.93. The Morgan fingerprint density at radius 2 is 2.24 bits per heavy atom. The number of hydrogen-bond donors (Lipinski definition) is 1. The molecule has 1 fully saturated rings. The predicted octanol–water partition coefficient (Wildman–Crippen LogP) is 0.783. The van der Waals surface area contributed by atoms with E-state index in [1.807, 2.05) is 26.8 Å². The van der Waals surface area contributed by atoms with Gasteiger partial charge in [-0.3, -0.25) is 14.4 Å². The van der Waals surface area contributed by atoms with Gasteiger partial charge in [-0.05, 0) is 20.8 Å². The third-order valence-electron chi connectivity index (χ3n) is 4.37. The molecule has 0 bridgehead atoms. The number of amides is 1. The third kappa shape index (κ3) is 4.23. The number of carbonyl (C=O) groups is 1. The largest absolute Gasteiger partial charge is 0.374 e. The van der Waals surface area contributed by atoms with E-state index in [0.29, 0.717) is 19.7 Å². The predicted molar refractivity (Wildman–Crippen MR) is 92.0 cm³/mol. The first-order valence-electron chi connectivity index (χ1n) is 8.57. The zero-order chi connectivity index (χ0) is 17.8. The summed E-state index contributed by atoms with van der Waals surface area (Å²) in [5.41, 5.74) is 0. The van der Waals surface area contributed by atoms with E-state index in [1.54, 1.807) is 21.9 Å². The van der Waals surface area contributed by atoms with E-state index in [0.717, 1.165) is 12.4 Å². The van der Waals surface area contributed by atoms with Gasteiger partial charge < -0.3 is 10.1 Å². The summed E-state index contributed by atoms with van der Waals surface area (Å²) in [5, 5.41) is 11.3. The van der Waals surface area contributed by atoms with Crippen molar-refractivity contribution < 1.29 is 9.53 Å². The van der Waals surface area contributed by atoms with Crippen molar-refractivity contribution in [3.63, 3.8) is 0 Å². The molecule has 0 aliphatic carbocycles. The van der Waals surface area contributed by atoms with Gasteiger partial charge in [-0.2, -0.15) is 10.2 Å². The van der Waals surface area contributed by atoms with E-state index in [9.17, 15) is 4.79 Å². The van der Waals surface area contributed by atoms with Gasteiger partial charge in [0.15, 0.2) is 0 Å². The summed E-state index contributed by atoms with van der Waals surface area (Å²) >= 11 is 0. The van der Waals surface area contributed by atoms with Crippen LogP contribution in [0.4, 0.5) is 5.82 Å². The molecule has 1 aliphatic rings. The van der Waals surface area contributed by atoms with E-state index in [2.05, 4.69) is 25.4 Å². The molecule has 2 unspecified atom stereocenters. The maximum absolute atomic E-state index is 12.6. The molecular weight excluding hydrogens is 322 g/mol. The number of rotatable bonds is 6. The lowest BCUT2D eigenvalue weighted by Gasteiger charge is -2.36. The first-order valence-corrected chi connectivity index (χ1v) is 8.57. The van der Waals surface area contributed by atoms with Crippen LogP contribution in [0.15, 0.2) is 24.9 Å². The number of ether oxygens (including phenoxy) is 1. The van der Waals surface area contributed by atoms with Gasteiger partial charge in [0.2, 0.25) is 5.91 Å². The Balaban J connectivity index is 1.58. The van der Waals surface area contributed by atoms with Crippen LogP contribution in [-0.4, -0.2) is 67.2 Å². The molecule has 1 amide bonds. The van der Waals surface area contributed by atoms with Crippen molar-refractivity contribution in [3.8, 4) is 0 Å². The Hall–Kier alpha value is -2.26. The average Bonchev–Trinajstić information content (AvgIpc) is 3.26. The number of hydrogen-bond acceptors (Lipinski definition) is 6. The molecule has 2 aromatic heterocycles. The smallest absolute Gasteiger partial charge is 0.242 e. The quantitative estimate of drug-likeness (QED) is 0.831. The minimum absolute atomic E-state index is 0.00751. The van der Waals surface area contributed by atoms with Gasteiger partial charge in [0.05, 0.1) is 31.5 Å². The number of nitrogens with zero attached hydrogens (tertiary/aromatic N) is 6. The molecule has 3 rings (SSSR count). The van der Waals surface area contributed by atoms with E-state index in [4.69, 9.17) is 4.74 Å². The standard InChI is InChI=1S/C16H25N7O2/c1-12(2)23-15(4-5-18-23)20-16(24)13(3)21-6-7-25-14(8-21)9-22-11-17-10-19-22/h4-5,10-14H,6-9H2,1-3H3,(H,20,24). The fourth-order valence-electron chi connectivity index (χ4n) is 2.96. The monoisotopic (exact) mass is 347 g/mol. The van der Waals surface area contributed by atoms with Crippen LogP contribution in [0.3, 0.4) is 0 Å². The molecule has 1 aliphatic heterocycles. The number of carbonyl (C=O) groups excluding carboxylic acids is 1. The molecule has 1 saturated heterocycles. The zero-order valence-corrected chi connectivity index (χ0v) is 14.9. The Kier molecular flexibility index (Phi) is 5.44. The van der Waals surface area contributed by atoms with Gasteiger partial charge in [-0.1, -0.05) is 0 Å².